The number of anilines is 1. The van der Waals surface area contributed by atoms with Crippen LogP contribution in [0, 0.1) is 0 Å². The topological polar surface area (TPSA) is 65.2 Å². The highest BCUT2D eigenvalue weighted by Crippen LogP contribution is 2.22. The Hall–Kier alpha value is -1.58. The Morgan fingerprint density at radius 2 is 2.40 bits per heavy atom. The number of nitrogens with two attached hydrogens (primary N) is 1. The van der Waals surface area contributed by atoms with Crippen LogP contribution in [0.25, 0.3) is 0 Å². The molecule has 1 aromatic heterocycles. The van der Waals surface area contributed by atoms with Crippen molar-refractivity contribution in [3.63, 3.8) is 0 Å². The number of hydrogen-bond acceptors (Lipinski definition) is 4. The summed E-state index contributed by atoms with van der Waals surface area (Å²) in [6.07, 6.45) is 2.66. The molecule has 0 spiro atoms. The molecule has 0 saturated heterocycles. The monoisotopic (exact) mass is 206 g/mol. The third-order valence-corrected chi connectivity index (χ3v) is 2.50. The van der Waals surface area contributed by atoms with Gasteiger partial charge in [-0.2, -0.15) is 0 Å². The molecule has 80 valence electrons. The predicted octanol–water partition coefficient (Wildman–Crippen LogP) is 1.33. The van der Waals surface area contributed by atoms with Gasteiger partial charge in [0.15, 0.2) is 0 Å². The van der Waals surface area contributed by atoms with Gasteiger partial charge in [0.1, 0.15) is 11.4 Å². The molecule has 0 fully saturated rings. The summed E-state index contributed by atoms with van der Waals surface area (Å²) in [4.78, 5) is 15.6. The van der Waals surface area contributed by atoms with Gasteiger partial charge in [0.25, 0.3) is 0 Å². The van der Waals surface area contributed by atoms with E-state index in [1.165, 1.54) is 0 Å². The summed E-state index contributed by atoms with van der Waals surface area (Å²) in [5, 5.41) is 0. The lowest BCUT2D eigenvalue weighted by Crippen LogP contribution is -2.21. The second-order valence-corrected chi connectivity index (χ2v) is 3.67. The molecule has 0 amide bonds. The number of nitrogen functional groups attached to an aromatic ring is 1. The Balaban J connectivity index is 2.46. The summed E-state index contributed by atoms with van der Waals surface area (Å²) in [6.45, 7) is 2.53. The van der Waals surface area contributed by atoms with Crippen molar-refractivity contribution in [2.45, 2.75) is 26.2 Å². The fourth-order valence-electron chi connectivity index (χ4n) is 1.82. The summed E-state index contributed by atoms with van der Waals surface area (Å²) in [7, 11) is 0. The van der Waals surface area contributed by atoms with Crippen LogP contribution in [0.15, 0.2) is 6.07 Å². The van der Waals surface area contributed by atoms with E-state index in [9.17, 15) is 4.79 Å². The zero-order chi connectivity index (χ0) is 10.8. The number of aryl methyl sites for hydroxylation is 1. The van der Waals surface area contributed by atoms with Crippen LogP contribution in [0.1, 0.15) is 35.0 Å². The van der Waals surface area contributed by atoms with Crippen molar-refractivity contribution in [1.82, 2.24) is 4.98 Å². The first-order valence-electron chi connectivity index (χ1n) is 5.17. The van der Waals surface area contributed by atoms with Crippen LogP contribution in [0.2, 0.25) is 0 Å². The average molecular weight is 206 g/mol. The van der Waals surface area contributed by atoms with Crippen LogP contribution in [0.5, 0.6) is 0 Å². The summed E-state index contributed by atoms with van der Waals surface area (Å²) in [5.41, 5.74) is 8.15. The minimum atomic E-state index is -0.343. The highest BCUT2D eigenvalue weighted by Gasteiger charge is 2.22. The van der Waals surface area contributed by atoms with E-state index in [2.05, 4.69) is 11.9 Å². The predicted molar refractivity (Wildman–Crippen MR) is 56.6 cm³/mol. The van der Waals surface area contributed by atoms with E-state index in [0.29, 0.717) is 18.0 Å². The summed E-state index contributed by atoms with van der Waals surface area (Å²) in [6, 6.07) is 1.97. The third kappa shape index (κ3) is 1.79. The fraction of sp³-hybridized carbons (Fsp3) is 0.455. The van der Waals surface area contributed by atoms with Gasteiger partial charge in [-0.3, -0.25) is 0 Å². The quantitative estimate of drug-likeness (QED) is 0.741. The van der Waals surface area contributed by atoms with E-state index in [-0.39, 0.29) is 5.97 Å². The molecule has 2 rings (SSSR count). The van der Waals surface area contributed by atoms with Crippen molar-refractivity contribution >= 4 is 11.8 Å². The SMILES string of the molecule is CCCc1cc2c(c(N)n1)C(=O)OCC2. The van der Waals surface area contributed by atoms with Crippen molar-refractivity contribution < 1.29 is 9.53 Å². The Morgan fingerprint density at radius 3 is 3.13 bits per heavy atom. The van der Waals surface area contributed by atoms with Crippen LogP contribution in [0.3, 0.4) is 0 Å². The van der Waals surface area contributed by atoms with Crippen LogP contribution in [-0.4, -0.2) is 17.6 Å². The number of carbonyl (C=O) groups excluding carboxylic acids is 1. The minimum Gasteiger partial charge on any atom is -0.462 e. The number of pyridine rings is 1. The number of aromatic nitrogens is 1. The first-order chi connectivity index (χ1) is 7.22. The summed E-state index contributed by atoms with van der Waals surface area (Å²) >= 11 is 0. The molecule has 1 aliphatic heterocycles. The average Bonchev–Trinajstić information content (AvgIpc) is 2.17. The largest absolute Gasteiger partial charge is 0.462 e. The molecule has 4 nitrogen and oxygen atoms in total. The number of cyclic esters (lactones) is 1. The molecule has 1 aliphatic rings. The molecule has 0 atom stereocenters. The minimum absolute atomic E-state index is 0.306. The van der Waals surface area contributed by atoms with Gasteiger partial charge in [0, 0.05) is 12.1 Å². The molecule has 1 aromatic rings. The molecule has 4 heteroatoms. The number of esters is 1. The lowest BCUT2D eigenvalue weighted by Gasteiger charge is -2.17. The van der Waals surface area contributed by atoms with E-state index < -0.39 is 0 Å². The Kier molecular flexibility index (Phi) is 2.58. The normalized spacial score (nSPS) is 14.6. The number of carbonyl (C=O) groups is 1. The van der Waals surface area contributed by atoms with Crippen LogP contribution in [-0.2, 0) is 17.6 Å². The number of fused-ring (bicyclic) bond motifs is 1. The van der Waals surface area contributed by atoms with Crippen molar-refractivity contribution in [1.29, 1.82) is 0 Å². The van der Waals surface area contributed by atoms with E-state index in [0.717, 1.165) is 30.5 Å². The molecule has 0 aromatic carbocycles. The third-order valence-electron chi connectivity index (χ3n) is 2.50. The Morgan fingerprint density at radius 1 is 1.60 bits per heavy atom. The van der Waals surface area contributed by atoms with Crippen molar-refractivity contribution in [3.05, 3.63) is 22.9 Å². The Bertz CT molecular complexity index is 402. The summed E-state index contributed by atoms with van der Waals surface area (Å²) in [5.74, 6) is -0.0371. The zero-order valence-electron chi connectivity index (χ0n) is 8.75. The lowest BCUT2D eigenvalue weighted by atomic mass is 10.0. The standard InChI is InChI=1S/C11H14N2O2/c1-2-3-8-6-7-4-5-15-11(14)9(7)10(12)13-8/h6H,2-5H2,1H3,(H2,12,13). The van der Waals surface area contributed by atoms with Gasteiger partial charge < -0.3 is 10.5 Å². The zero-order valence-corrected chi connectivity index (χ0v) is 8.75. The summed E-state index contributed by atoms with van der Waals surface area (Å²) < 4.78 is 4.93. The van der Waals surface area contributed by atoms with Gasteiger partial charge in [-0.1, -0.05) is 13.3 Å². The van der Waals surface area contributed by atoms with Gasteiger partial charge in [-0.15, -0.1) is 0 Å². The maximum Gasteiger partial charge on any atom is 0.342 e. The van der Waals surface area contributed by atoms with E-state index in [1.807, 2.05) is 6.07 Å². The van der Waals surface area contributed by atoms with Gasteiger partial charge >= 0.3 is 5.97 Å². The number of ether oxygens (including phenoxy) is 1. The molecule has 2 heterocycles. The van der Waals surface area contributed by atoms with Crippen LogP contribution >= 0.6 is 0 Å². The highest BCUT2D eigenvalue weighted by molar-refractivity contribution is 5.96. The molecule has 0 bridgehead atoms. The van der Waals surface area contributed by atoms with E-state index in [4.69, 9.17) is 10.5 Å². The van der Waals surface area contributed by atoms with E-state index >= 15 is 0 Å². The molecule has 2 N–H and O–H groups in total. The highest BCUT2D eigenvalue weighted by atomic mass is 16.5. The van der Waals surface area contributed by atoms with Gasteiger partial charge in [-0.05, 0) is 18.1 Å². The van der Waals surface area contributed by atoms with Gasteiger partial charge in [0.2, 0.25) is 0 Å². The Labute approximate surface area is 88.4 Å². The van der Waals surface area contributed by atoms with E-state index in [1.54, 1.807) is 0 Å². The molecule has 0 unspecified atom stereocenters. The molecular formula is C11H14N2O2. The van der Waals surface area contributed by atoms with Crippen LogP contribution in [0.4, 0.5) is 5.82 Å². The van der Waals surface area contributed by atoms with Gasteiger partial charge in [-0.25, -0.2) is 9.78 Å². The lowest BCUT2D eigenvalue weighted by molar-refractivity contribution is 0.0481. The van der Waals surface area contributed by atoms with Crippen molar-refractivity contribution in [2.24, 2.45) is 0 Å². The molecule has 0 radical (unpaired) electrons. The molecule has 0 saturated carbocycles. The second-order valence-electron chi connectivity index (χ2n) is 3.67. The maximum absolute atomic E-state index is 11.4. The first-order valence-corrected chi connectivity index (χ1v) is 5.17. The molecular weight excluding hydrogens is 192 g/mol. The number of hydrogen-bond donors (Lipinski definition) is 1. The smallest absolute Gasteiger partial charge is 0.342 e. The van der Waals surface area contributed by atoms with Crippen molar-refractivity contribution in [3.8, 4) is 0 Å². The molecule has 0 aliphatic carbocycles. The first kappa shape index (κ1) is 9.96. The van der Waals surface area contributed by atoms with Gasteiger partial charge in [0.05, 0.1) is 6.61 Å². The molecule has 15 heavy (non-hydrogen) atoms. The number of rotatable bonds is 2. The van der Waals surface area contributed by atoms with Crippen molar-refractivity contribution in [2.75, 3.05) is 12.3 Å². The second kappa shape index (κ2) is 3.88. The fourth-order valence-corrected chi connectivity index (χ4v) is 1.82. The maximum atomic E-state index is 11.4. The van der Waals surface area contributed by atoms with Crippen LogP contribution < -0.4 is 5.73 Å². The number of nitrogens with zero attached hydrogens (tertiary/aromatic N) is 1.